The number of carbonyl (C=O) groups excluding carboxylic acids is 3. The first-order chi connectivity index (χ1) is 10.9. The van der Waals surface area contributed by atoms with Gasteiger partial charge < -0.3 is 4.74 Å². The first-order valence-electron chi connectivity index (χ1n) is 8.47. The van der Waals surface area contributed by atoms with Crippen molar-refractivity contribution in [2.24, 2.45) is 46.8 Å². The van der Waals surface area contributed by atoms with Crippen molar-refractivity contribution in [1.29, 1.82) is 0 Å². The minimum absolute atomic E-state index is 0.0560. The summed E-state index contributed by atoms with van der Waals surface area (Å²) in [4.78, 5) is 39.6. The number of rotatable bonds is 1. The smallest absolute Gasteiger partial charge is 0.320 e. The maximum Gasteiger partial charge on any atom is 0.320 e. The lowest BCUT2D eigenvalue weighted by Crippen LogP contribution is -2.64. The molecule has 4 aliphatic rings. The van der Waals surface area contributed by atoms with Crippen LogP contribution in [-0.4, -0.2) is 24.6 Å². The minimum atomic E-state index is -1.33. The van der Waals surface area contributed by atoms with Gasteiger partial charge in [0.05, 0.1) is 7.11 Å². The molecule has 23 heavy (non-hydrogen) atoms. The zero-order valence-corrected chi connectivity index (χ0v) is 13.7. The van der Waals surface area contributed by atoms with E-state index in [1.54, 1.807) is 0 Å². The number of carbonyl (C=O) groups is 3. The van der Waals surface area contributed by atoms with E-state index in [0.717, 1.165) is 6.42 Å². The molecule has 2 saturated carbocycles. The Morgan fingerprint density at radius 2 is 1.74 bits per heavy atom. The van der Waals surface area contributed by atoms with Gasteiger partial charge in [-0.3, -0.25) is 14.4 Å². The highest BCUT2D eigenvalue weighted by atomic mass is 16.5. The predicted molar refractivity (Wildman–Crippen MR) is 83.1 cm³/mol. The molecule has 0 N–H and O–H groups in total. The Morgan fingerprint density at radius 3 is 2.39 bits per heavy atom. The van der Waals surface area contributed by atoms with Gasteiger partial charge in [-0.05, 0) is 30.1 Å². The van der Waals surface area contributed by atoms with Crippen molar-refractivity contribution in [2.75, 3.05) is 7.11 Å². The fourth-order valence-corrected chi connectivity index (χ4v) is 5.80. The topological polar surface area (TPSA) is 60.4 Å². The molecule has 2 bridgehead atoms. The van der Waals surface area contributed by atoms with Crippen molar-refractivity contribution in [3.8, 4) is 0 Å². The highest BCUT2D eigenvalue weighted by molar-refractivity contribution is 6.14. The second-order valence-corrected chi connectivity index (χ2v) is 7.64. The summed E-state index contributed by atoms with van der Waals surface area (Å²) in [7, 11) is 1.31. The van der Waals surface area contributed by atoms with Crippen molar-refractivity contribution in [2.45, 2.75) is 20.3 Å². The third kappa shape index (κ3) is 1.54. The SMILES string of the molecule is COC(=O)C12C(=O)C3C(C(=O)C1[C@@H](C)C=C[C@H]2C)[C@@H]1C=C[C@H]3C1. The number of methoxy groups -OCH3 is 1. The lowest BCUT2D eigenvalue weighted by atomic mass is 9.48. The summed E-state index contributed by atoms with van der Waals surface area (Å²) in [5.41, 5.74) is -1.33. The van der Waals surface area contributed by atoms with E-state index in [0.29, 0.717) is 0 Å². The van der Waals surface area contributed by atoms with Gasteiger partial charge in [0.2, 0.25) is 0 Å². The molecule has 4 nitrogen and oxygen atoms in total. The van der Waals surface area contributed by atoms with Crippen molar-refractivity contribution in [3.63, 3.8) is 0 Å². The monoisotopic (exact) mass is 314 g/mol. The number of ketones is 2. The van der Waals surface area contributed by atoms with Crippen LogP contribution in [0.15, 0.2) is 24.3 Å². The highest BCUT2D eigenvalue weighted by Gasteiger charge is 2.70. The molecule has 2 fully saturated rings. The van der Waals surface area contributed by atoms with Gasteiger partial charge in [0.25, 0.3) is 0 Å². The molecule has 4 rings (SSSR count). The highest BCUT2D eigenvalue weighted by Crippen LogP contribution is 2.61. The van der Waals surface area contributed by atoms with Gasteiger partial charge in [0, 0.05) is 17.8 Å². The number of hydrogen-bond acceptors (Lipinski definition) is 4. The van der Waals surface area contributed by atoms with Crippen LogP contribution in [0.2, 0.25) is 0 Å². The van der Waals surface area contributed by atoms with Crippen LogP contribution in [-0.2, 0) is 19.1 Å². The van der Waals surface area contributed by atoms with Gasteiger partial charge in [0.15, 0.2) is 5.78 Å². The van der Waals surface area contributed by atoms with E-state index in [2.05, 4.69) is 12.2 Å². The number of allylic oxidation sites excluding steroid dienone is 4. The summed E-state index contributed by atoms with van der Waals surface area (Å²) < 4.78 is 5.05. The summed E-state index contributed by atoms with van der Waals surface area (Å²) >= 11 is 0. The summed E-state index contributed by atoms with van der Waals surface area (Å²) in [6, 6.07) is 0. The van der Waals surface area contributed by atoms with E-state index < -0.39 is 17.3 Å². The summed E-state index contributed by atoms with van der Waals surface area (Å²) in [5, 5.41) is 0. The van der Waals surface area contributed by atoms with E-state index >= 15 is 0 Å². The average Bonchev–Trinajstić information content (AvgIpc) is 3.15. The van der Waals surface area contributed by atoms with Crippen LogP contribution in [0.25, 0.3) is 0 Å². The Hall–Kier alpha value is -1.71. The molecule has 4 heteroatoms. The fraction of sp³-hybridized carbons (Fsp3) is 0.632. The molecule has 4 unspecified atom stereocenters. The lowest BCUT2D eigenvalue weighted by molar-refractivity contribution is -0.179. The van der Waals surface area contributed by atoms with Crippen LogP contribution in [0.5, 0.6) is 0 Å². The molecule has 0 spiro atoms. The van der Waals surface area contributed by atoms with E-state index in [4.69, 9.17) is 4.74 Å². The van der Waals surface area contributed by atoms with Crippen LogP contribution in [0.4, 0.5) is 0 Å². The molecule has 4 aliphatic carbocycles. The summed E-state index contributed by atoms with van der Waals surface area (Å²) in [6.07, 6.45) is 8.91. The van der Waals surface area contributed by atoms with E-state index in [1.807, 2.05) is 26.0 Å². The molecule has 8 atom stereocenters. The Bertz CT molecular complexity index is 660. The fourth-order valence-electron chi connectivity index (χ4n) is 5.80. The maximum atomic E-state index is 13.5. The maximum absolute atomic E-state index is 13.5. The molecule has 0 radical (unpaired) electrons. The largest absolute Gasteiger partial charge is 0.468 e. The molecule has 0 aromatic heterocycles. The second kappa shape index (κ2) is 4.65. The Labute approximate surface area is 136 Å². The molecule has 0 aliphatic heterocycles. The van der Waals surface area contributed by atoms with E-state index in [1.165, 1.54) is 7.11 Å². The zero-order valence-electron chi connectivity index (χ0n) is 13.7. The van der Waals surface area contributed by atoms with Crippen molar-refractivity contribution in [3.05, 3.63) is 24.3 Å². The lowest BCUT2D eigenvalue weighted by Gasteiger charge is -2.51. The number of fused-ring (bicyclic) bond motifs is 6. The number of hydrogen-bond donors (Lipinski definition) is 0. The molecular formula is C19H22O4. The van der Waals surface area contributed by atoms with Gasteiger partial charge in [-0.15, -0.1) is 0 Å². The Morgan fingerprint density at radius 1 is 1.09 bits per heavy atom. The normalized spacial score (nSPS) is 50.0. The number of ether oxygens (including phenoxy) is 1. The summed E-state index contributed by atoms with van der Waals surface area (Å²) in [6.45, 7) is 3.79. The third-order valence-electron chi connectivity index (χ3n) is 6.77. The van der Waals surface area contributed by atoms with Gasteiger partial charge in [0.1, 0.15) is 11.2 Å². The summed E-state index contributed by atoms with van der Waals surface area (Å²) in [5.74, 6) is -1.80. The molecule has 122 valence electrons. The standard InChI is InChI=1S/C19H22O4/c1-9-4-5-10(2)19(18(22)23-3)15(9)16(20)13-11-6-7-12(8-11)14(13)17(19)21/h4-7,9-15H,8H2,1-3H3/t9-,10+,11+,12-,13?,14?,15?,19?/m0/s1. The van der Waals surface area contributed by atoms with Crippen LogP contribution < -0.4 is 0 Å². The first kappa shape index (κ1) is 14.9. The quantitative estimate of drug-likeness (QED) is 0.423. The Kier molecular flexibility index (Phi) is 3.00. The van der Waals surface area contributed by atoms with Crippen molar-refractivity contribution >= 4 is 17.5 Å². The average molecular weight is 314 g/mol. The van der Waals surface area contributed by atoms with Gasteiger partial charge in [-0.25, -0.2) is 0 Å². The van der Waals surface area contributed by atoms with E-state index in [9.17, 15) is 14.4 Å². The minimum Gasteiger partial charge on any atom is -0.468 e. The first-order valence-corrected chi connectivity index (χ1v) is 8.47. The predicted octanol–water partition coefficient (Wildman–Crippen LogP) is 2.19. The van der Waals surface area contributed by atoms with Crippen LogP contribution >= 0.6 is 0 Å². The van der Waals surface area contributed by atoms with E-state index in [-0.39, 0.29) is 47.1 Å². The molecule has 0 heterocycles. The number of Topliss-reactive ketones (excluding diaryl/α,β-unsaturated/α-hetero) is 2. The second-order valence-electron chi connectivity index (χ2n) is 7.64. The molecule has 0 saturated heterocycles. The van der Waals surface area contributed by atoms with Crippen molar-refractivity contribution < 1.29 is 19.1 Å². The van der Waals surface area contributed by atoms with Crippen LogP contribution in [0, 0.1) is 46.8 Å². The van der Waals surface area contributed by atoms with Crippen LogP contribution in [0.1, 0.15) is 20.3 Å². The van der Waals surface area contributed by atoms with Gasteiger partial charge in [-0.1, -0.05) is 38.2 Å². The molecule has 0 aromatic rings. The zero-order chi connectivity index (χ0) is 16.5. The van der Waals surface area contributed by atoms with Gasteiger partial charge >= 0.3 is 5.97 Å². The van der Waals surface area contributed by atoms with Gasteiger partial charge in [-0.2, -0.15) is 0 Å². The molecule has 0 amide bonds. The molecule has 0 aromatic carbocycles. The molecular weight excluding hydrogens is 292 g/mol. The third-order valence-corrected chi connectivity index (χ3v) is 6.77. The number of esters is 1. The van der Waals surface area contributed by atoms with Crippen LogP contribution in [0.3, 0.4) is 0 Å². The van der Waals surface area contributed by atoms with Crippen molar-refractivity contribution in [1.82, 2.24) is 0 Å². The Balaban J connectivity index is 1.93.